The number of carbonyl (C=O) groups is 2. The van der Waals surface area contributed by atoms with E-state index in [2.05, 4.69) is 54.8 Å². The van der Waals surface area contributed by atoms with Crippen LogP contribution in [-0.4, -0.2) is 66.0 Å². The molecule has 2 heterocycles. The number of benzene rings is 3. The third-order valence-electron chi connectivity index (χ3n) is 9.98. The van der Waals surface area contributed by atoms with Crippen molar-refractivity contribution in [3.63, 3.8) is 0 Å². The maximum atomic E-state index is 13.8. The van der Waals surface area contributed by atoms with Crippen molar-refractivity contribution in [1.82, 2.24) is 19.3 Å². The number of amides is 2. The second-order valence-corrected chi connectivity index (χ2v) is 21.8. The number of para-hydroxylation sites is 1. The van der Waals surface area contributed by atoms with Crippen LogP contribution in [0.1, 0.15) is 50.4 Å². The fourth-order valence-corrected chi connectivity index (χ4v) is 9.30. The topological polar surface area (TPSA) is 165 Å². The Morgan fingerprint density at radius 2 is 1.60 bits per heavy atom. The molecule has 0 saturated heterocycles. The first-order valence-corrected chi connectivity index (χ1v) is 22.0. The minimum absolute atomic E-state index is 0.0286. The molecule has 3 aromatic carbocycles. The average Bonchev–Trinajstić information content (AvgIpc) is 3.49. The highest BCUT2D eigenvalue weighted by atomic mass is 35.5. The van der Waals surface area contributed by atoms with Crippen LogP contribution in [0.4, 0.5) is 16.4 Å². The highest BCUT2D eigenvalue weighted by Gasteiger charge is 2.42. The van der Waals surface area contributed by atoms with E-state index >= 15 is 0 Å². The number of nitrogens with zero attached hydrogens (tertiary/aromatic N) is 3. The number of aromatic nitrogens is 3. The van der Waals surface area contributed by atoms with Gasteiger partial charge < -0.3 is 20.2 Å². The summed E-state index contributed by atoms with van der Waals surface area (Å²) in [6.45, 7) is 11.0. The zero-order valence-corrected chi connectivity index (χ0v) is 32.7. The second kappa shape index (κ2) is 14.9. The van der Waals surface area contributed by atoms with Crippen LogP contribution in [0.2, 0.25) is 23.2 Å². The van der Waals surface area contributed by atoms with E-state index in [-0.39, 0.29) is 39.1 Å². The predicted octanol–water partition coefficient (Wildman–Crippen LogP) is 8.23. The standard InChI is InChI=1S/C38H43ClN6O6SSi/c1-38(2,3)53(4,5)51-28-20-26(41-35(46)24-15-17-25(18-16-24)43-37(47)48)19-27(21-28)42-36-40-22-32(39)34(44-36)31-23-45(33-14-10-9-13-30(31)33)52(49,50)29-11-7-6-8-12-29/h6-18,22-23,26-28,43H,19-21H2,1-5H3,(H,41,46)(H,47,48)(H,40,42,44). The highest BCUT2D eigenvalue weighted by Crippen LogP contribution is 2.40. The molecule has 3 atom stereocenters. The number of rotatable bonds is 10. The van der Waals surface area contributed by atoms with Gasteiger partial charge >= 0.3 is 6.09 Å². The van der Waals surface area contributed by atoms with Crippen molar-refractivity contribution in [2.45, 2.75) is 81.2 Å². The minimum Gasteiger partial charge on any atom is -0.465 e. The molecule has 1 aliphatic carbocycles. The van der Waals surface area contributed by atoms with Gasteiger partial charge in [-0.25, -0.2) is 27.2 Å². The third-order valence-corrected chi connectivity index (χ3v) is 16.5. The zero-order chi connectivity index (χ0) is 38.1. The Balaban J connectivity index is 1.29. The van der Waals surface area contributed by atoms with Crippen LogP contribution in [0.5, 0.6) is 0 Å². The maximum Gasteiger partial charge on any atom is 0.409 e. The van der Waals surface area contributed by atoms with E-state index in [9.17, 15) is 18.0 Å². The lowest BCUT2D eigenvalue weighted by molar-refractivity contribution is 0.0852. The van der Waals surface area contributed by atoms with Crippen molar-refractivity contribution in [2.24, 2.45) is 0 Å². The van der Waals surface area contributed by atoms with E-state index in [0.29, 0.717) is 58.6 Å². The quantitative estimate of drug-likeness (QED) is 0.102. The van der Waals surface area contributed by atoms with Crippen molar-refractivity contribution in [2.75, 3.05) is 10.6 Å². The first kappa shape index (κ1) is 38.0. The monoisotopic (exact) mass is 774 g/mol. The molecule has 3 unspecified atom stereocenters. The molecule has 1 aliphatic rings. The summed E-state index contributed by atoms with van der Waals surface area (Å²) in [5.74, 6) is 0.0206. The van der Waals surface area contributed by atoms with Gasteiger partial charge in [-0.1, -0.05) is 68.8 Å². The molecule has 2 aromatic heterocycles. The summed E-state index contributed by atoms with van der Waals surface area (Å²) in [4.78, 5) is 33.9. The molecule has 15 heteroatoms. The van der Waals surface area contributed by atoms with E-state index in [4.69, 9.17) is 26.1 Å². The lowest BCUT2D eigenvalue weighted by Crippen LogP contribution is -2.51. The maximum absolute atomic E-state index is 13.8. The zero-order valence-electron chi connectivity index (χ0n) is 30.1. The van der Waals surface area contributed by atoms with Gasteiger partial charge in [-0.05, 0) is 79.9 Å². The lowest BCUT2D eigenvalue weighted by atomic mass is 9.88. The van der Waals surface area contributed by atoms with E-state index in [1.807, 2.05) is 12.1 Å². The van der Waals surface area contributed by atoms with Crippen molar-refractivity contribution >= 4 is 64.5 Å². The van der Waals surface area contributed by atoms with Crippen molar-refractivity contribution in [1.29, 1.82) is 0 Å². The van der Waals surface area contributed by atoms with Gasteiger partial charge in [0.15, 0.2) is 8.32 Å². The van der Waals surface area contributed by atoms with E-state index in [1.54, 1.807) is 72.9 Å². The van der Waals surface area contributed by atoms with Crippen LogP contribution in [-0.2, 0) is 14.4 Å². The normalized spacial score (nSPS) is 18.0. The predicted molar refractivity (Wildman–Crippen MR) is 210 cm³/mol. The molecule has 53 heavy (non-hydrogen) atoms. The molecule has 0 bridgehead atoms. The van der Waals surface area contributed by atoms with E-state index < -0.39 is 24.4 Å². The van der Waals surface area contributed by atoms with Gasteiger partial charge in [-0.15, -0.1) is 0 Å². The molecular weight excluding hydrogens is 732 g/mol. The van der Waals surface area contributed by atoms with Crippen LogP contribution in [0.25, 0.3) is 22.2 Å². The number of anilines is 2. The molecule has 1 fully saturated rings. The van der Waals surface area contributed by atoms with Crippen LogP contribution in [0.15, 0.2) is 96.2 Å². The summed E-state index contributed by atoms with van der Waals surface area (Å²) in [5, 5.41) is 18.8. The van der Waals surface area contributed by atoms with Crippen molar-refractivity contribution in [3.05, 3.63) is 102 Å². The fraction of sp³-hybridized carbons (Fsp3) is 0.316. The Morgan fingerprint density at radius 3 is 2.28 bits per heavy atom. The molecule has 6 rings (SSSR count). The summed E-state index contributed by atoms with van der Waals surface area (Å²) in [7, 11) is -6.12. The molecule has 2 amide bonds. The van der Waals surface area contributed by atoms with Crippen molar-refractivity contribution in [3.8, 4) is 11.3 Å². The van der Waals surface area contributed by atoms with Crippen LogP contribution < -0.4 is 16.0 Å². The molecular formula is C38H43ClN6O6SSi. The van der Waals surface area contributed by atoms with E-state index in [1.165, 1.54) is 10.2 Å². The van der Waals surface area contributed by atoms with Gasteiger partial charge in [0.25, 0.3) is 15.9 Å². The van der Waals surface area contributed by atoms with Crippen molar-refractivity contribution < 1.29 is 27.5 Å². The first-order valence-electron chi connectivity index (χ1n) is 17.3. The van der Waals surface area contributed by atoms with Gasteiger partial charge in [0.05, 0.1) is 27.3 Å². The molecule has 0 spiro atoms. The number of carbonyl (C=O) groups excluding carboxylic acids is 1. The smallest absolute Gasteiger partial charge is 0.409 e. The van der Waals surface area contributed by atoms with Gasteiger partial charge in [-0.2, -0.15) is 0 Å². The summed E-state index contributed by atoms with van der Waals surface area (Å²) in [6, 6.07) is 21.2. The molecule has 1 saturated carbocycles. The number of halogens is 1. The largest absolute Gasteiger partial charge is 0.465 e. The molecule has 5 aromatic rings. The number of fused-ring (bicyclic) bond motifs is 1. The number of carboxylic acid groups (broad SMARTS) is 1. The Bertz CT molecular complexity index is 2240. The Morgan fingerprint density at radius 1 is 0.943 bits per heavy atom. The summed E-state index contributed by atoms with van der Waals surface area (Å²) < 4.78 is 35.7. The van der Waals surface area contributed by atoms with Crippen LogP contribution >= 0.6 is 11.6 Å². The Labute approximate surface area is 315 Å². The van der Waals surface area contributed by atoms with Gasteiger partial charge in [0, 0.05) is 46.6 Å². The number of hydrogen-bond acceptors (Lipinski definition) is 8. The second-order valence-electron chi connectivity index (χ2n) is 14.8. The van der Waals surface area contributed by atoms with Crippen LogP contribution in [0.3, 0.4) is 0 Å². The molecule has 4 N–H and O–H groups in total. The Kier molecular flexibility index (Phi) is 10.7. The third kappa shape index (κ3) is 8.41. The highest BCUT2D eigenvalue weighted by molar-refractivity contribution is 7.90. The molecule has 12 nitrogen and oxygen atoms in total. The van der Waals surface area contributed by atoms with Gasteiger partial charge in [-0.3, -0.25) is 10.1 Å². The average molecular weight is 775 g/mol. The summed E-state index contributed by atoms with van der Waals surface area (Å²) in [6.07, 6.45) is 3.50. The van der Waals surface area contributed by atoms with Crippen LogP contribution in [0, 0.1) is 0 Å². The lowest BCUT2D eigenvalue weighted by Gasteiger charge is -2.43. The first-order chi connectivity index (χ1) is 25.0. The molecule has 278 valence electrons. The van der Waals surface area contributed by atoms with E-state index in [0.717, 1.165) is 0 Å². The fourth-order valence-electron chi connectivity index (χ4n) is 6.34. The number of hydrogen-bond donors (Lipinski definition) is 4. The summed E-state index contributed by atoms with van der Waals surface area (Å²) >= 11 is 6.72. The SMILES string of the molecule is CC(C)(C)[Si](C)(C)OC1CC(NC(=O)c2ccc(NC(=O)O)cc2)CC(Nc2ncc(Cl)c(-c3cn(S(=O)(=O)c4ccccc4)c4ccccc34)n2)C1. The van der Waals surface area contributed by atoms with Gasteiger partial charge in [0.2, 0.25) is 5.95 Å². The number of nitrogens with one attached hydrogen (secondary N) is 3. The van der Waals surface area contributed by atoms with Gasteiger partial charge in [0.1, 0.15) is 0 Å². The molecule has 0 radical (unpaired) electrons. The minimum atomic E-state index is -3.93. The Hall–Kier alpha value is -4.76. The summed E-state index contributed by atoms with van der Waals surface area (Å²) in [5.41, 5.74) is 2.16. The molecule has 0 aliphatic heterocycles.